The maximum atomic E-state index is 13.8. The molecule has 15 heteroatoms. The van der Waals surface area contributed by atoms with Crippen LogP contribution in [0.2, 0.25) is 0 Å². The highest BCUT2D eigenvalue weighted by Gasteiger charge is 2.50. The lowest BCUT2D eigenvalue weighted by Crippen LogP contribution is -2.55. The van der Waals surface area contributed by atoms with Crippen LogP contribution in [0.5, 0.6) is 17.4 Å². The van der Waals surface area contributed by atoms with E-state index in [4.69, 9.17) is 19.2 Å². The van der Waals surface area contributed by atoms with Gasteiger partial charge in [0.25, 0.3) is 15.9 Å². The number of H-pyrrole nitrogens is 1. The van der Waals surface area contributed by atoms with Gasteiger partial charge in [0.1, 0.15) is 28.5 Å². The highest BCUT2D eigenvalue weighted by molar-refractivity contribution is 7.90. The molecule has 1 spiro atoms. The van der Waals surface area contributed by atoms with E-state index in [9.17, 15) is 18.3 Å². The predicted molar refractivity (Wildman–Crippen MR) is 228 cm³/mol. The van der Waals surface area contributed by atoms with Crippen molar-refractivity contribution in [2.45, 2.75) is 81.4 Å². The second-order valence-electron chi connectivity index (χ2n) is 17.0. The number of aromatic amines is 1. The molecule has 2 atom stereocenters. The van der Waals surface area contributed by atoms with Crippen molar-refractivity contribution in [2.75, 3.05) is 56.2 Å². The standard InChI is InChI=1S/C45H53N7O7S/c1-29(2)35-6-3-4-7-36(35)39-8-5-17-52(39)31-24-45(25-31)14-18-51(19-15-45)41-12-10-37(44(49-41)59-32-22-30-13-16-46-42(30)48-26-32)43(54)50-60(55,56)34-9-11-38(40(53)23-34)47-27-33-28-57-20-21-58-33/h3-4,6-7,9-13,16,22-23,26,29,31,33,39,47,53H,5,8,14-15,17-21,24-25,27-28H2,1-2H3,(H,46,48)(H,50,54). The fourth-order valence-corrected chi connectivity index (χ4v) is 10.6. The minimum absolute atomic E-state index is 0.0426. The number of nitrogens with zero attached hydrogens (tertiary/aromatic N) is 4. The predicted octanol–water partition coefficient (Wildman–Crippen LogP) is 7.11. The zero-order valence-corrected chi connectivity index (χ0v) is 34.9. The number of likely N-dealkylation sites (tertiary alicyclic amines) is 1. The molecule has 3 aromatic heterocycles. The molecule has 4 aliphatic rings. The number of pyridine rings is 2. The molecule has 4 N–H and O–H groups in total. The van der Waals surface area contributed by atoms with Crippen LogP contribution in [0.25, 0.3) is 11.0 Å². The monoisotopic (exact) mass is 835 g/mol. The summed E-state index contributed by atoms with van der Waals surface area (Å²) in [6.07, 6.45) is 10.0. The van der Waals surface area contributed by atoms with Gasteiger partial charge in [-0.1, -0.05) is 38.1 Å². The average Bonchev–Trinajstić information content (AvgIpc) is 3.93. The molecule has 5 aromatic rings. The van der Waals surface area contributed by atoms with Gasteiger partial charge in [-0.3, -0.25) is 9.69 Å². The first-order chi connectivity index (χ1) is 29.0. The summed E-state index contributed by atoms with van der Waals surface area (Å²) in [5.41, 5.74) is 4.20. The number of hydrogen-bond donors (Lipinski definition) is 4. The van der Waals surface area contributed by atoms with Crippen molar-refractivity contribution in [2.24, 2.45) is 5.41 Å². The van der Waals surface area contributed by atoms with Gasteiger partial charge in [-0.05, 0) is 104 Å². The number of sulfonamides is 1. The van der Waals surface area contributed by atoms with Gasteiger partial charge in [-0.25, -0.2) is 18.1 Å². The summed E-state index contributed by atoms with van der Waals surface area (Å²) < 4.78 is 46.5. The zero-order chi connectivity index (χ0) is 41.4. The maximum absolute atomic E-state index is 13.8. The third-order valence-electron chi connectivity index (χ3n) is 12.8. The molecular weight excluding hydrogens is 783 g/mol. The van der Waals surface area contributed by atoms with Gasteiger partial charge < -0.3 is 34.5 Å². The Kier molecular flexibility index (Phi) is 11.2. The van der Waals surface area contributed by atoms with E-state index in [1.165, 1.54) is 55.1 Å². The Morgan fingerprint density at radius 2 is 1.88 bits per heavy atom. The number of phenolic OH excluding ortho intramolecular Hbond substituents is 1. The Morgan fingerprint density at radius 1 is 1.05 bits per heavy atom. The average molecular weight is 836 g/mol. The number of aromatic nitrogens is 3. The van der Waals surface area contributed by atoms with Gasteiger partial charge in [0.2, 0.25) is 5.88 Å². The molecular formula is C45H53N7O7S. The van der Waals surface area contributed by atoms with Crippen molar-refractivity contribution < 1.29 is 32.5 Å². The number of piperidine rings is 1. The van der Waals surface area contributed by atoms with Gasteiger partial charge >= 0.3 is 0 Å². The normalized spacial score (nSPS) is 21.0. The van der Waals surface area contributed by atoms with Crippen LogP contribution in [0.4, 0.5) is 11.5 Å². The number of rotatable bonds is 12. The Labute approximate surface area is 350 Å². The fourth-order valence-electron chi connectivity index (χ4n) is 9.58. The zero-order valence-electron chi connectivity index (χ0n) is 34.1. The molecule has 14 nitrogen and oxygen atoms in total. The van der Waals surface area contributed by atoms with E-state index in [-0.39, 0.29) is 28.2 Å². The quantitative estimate of drug-likeness (QED) is 0.0941. The summed E-state index contributed by atoms with van der Waals surface area (Å²) in [5, 5.41) is 14.6. The number of anilines is 2. The van der Waals surface area contributed by atoms with Crippen LogP contribution < -0.4 is 19.7 Å². The number of amides is 1. The van der Waals surface area contributed by atoms with Crippen LogP contribution >= 0.6 is 0 Å². The number of carbonyl (C=O) groups is 1. The van der Waals surface area contributed by atoms with Crippen LogP contribution in [0.1, 0.15) is 85.8 Å². The minimum atomic E-state index is -4.42. The lowest BCUT2D eigenvalue weighted by Gasteiger charge is -2.56. The number of hydrogen-bond acceptors (Lipinski definition) is 12. The van der Waals surface area contributed by atoms with Gasteiger partial charge in [-0.2, -0.15) is 4.98 Å². The molecule has 60 heavy (non-hydrogen) atoms. The Balaban J connectivity index is 0.888. The van der Waals surface area contributed by atoms with Gasteiger partial charge in [-0.15, -0.1) is 0 Å². The first kappa shape index (κ1) is 40.2. The summed E-state index contributed by atoms with van der Waals surface area (Å²) >= 11 is 0. The largest absolute Gasteiger partial charge is 0.506 e. The van der Waals surface area contributed by atoms with Crippen LogP contribution in [0, 0.1) is 5.41 Å². The number of fused-ring (bicyclic) bond motifs is 1. The van der Waals surface area contributed by atoms with E-state index in [2.05, 4.69) is 67.9 Å². The number of benzene rings is 2. The topological polar surface area (TPSA) is 171 Å². The van der Waals surface area contributed by atoms with E-state index in [1.54, 1.807) is 24.4 Å². The third-order valence-corrected chi connectivity index (χ3v) is 14.1. The van der Waals surface area contributed by atoms with Crippen molar-refractivity contribution in [1.82, 2.24) is 24.6 Å². The lowest BCUT2D eigenvalue weighted by molar-refractivity contribution is -0.0818. The van der Waals surface area contributed by atoms with Gasteiger partial charge in [0, 0.05) is 49.4 Å². The molecule has 1 amide bonds. The first-order valence-electron chi connectivity index (χ1n) is 21.1. The Hall–Kier alpha value is -5.22. The second kappa shape index (κ2) is 16.7. The van der Waals surface area contributed by atoms with Crippen molar-refractivity contribution >= 4 is 38.5 Å². The Morgan fingerprint density at radius 3 is 2.67 bits per heavy atom. The second-order valence-corrected chi connectivity index (χ2v) is 18.7. The molecule has 316 valence electrons. The number of nitrogens with one attached hydrogen (secondary N) is 3. The van der Waals surface area contributed by atoms with Crippen LogP contribution in [-0.2, 0) is 19.5 Å². The van der Waals surface area contributed by atoms with E-state index in [1.807, 2.05) is 6.07 Å². The van der Waals surface area contributed by atoms with E-state index < -0.39 is 15.9 Å². The lowest BCUT2D eigenvalue weighted by atomic mass is 9.60. The molecule has 9 rings (SSSR count). The van der Waals surface area contributed by atoms with Crippen LogP contribution in [0.3, 0.4) is 0 Å². The molecule has 3 saturated heterocycles. The molecule has 2 aromatic carbocycles. The van der Waals surface area contributed by atoms with Crippen molar-refractivity contribution in [3.05, 3.63) is 95.8 Å². The third kappa shape index (κ3) is 8.27. The fraction of sp³-hybridized carbons (Fsp3) is 0.444. The molecule has 1 saturated carbocycles. The number of phenols is 1. The van der Waals surface area contributed by atoms with E-state index in [0.29, 0.717) is 72.7 Å². The summed E-state index contributed by atoms with van der Waals surface area (Å²) in [6.45, 7) is 9.15. The molecule has 0 radical (unpaired) electrons. The van der Waals surface area contributed by atoms with E-state index in [0.717, 1.165) is 43.9 Å². The molecule has 3 aliphatic heterocycles. The summed E-state index contributed by atoms with van der Waals surface area (Å²) in [4.78, 5) is 30.9. The summed E-state index contributed by atoms with van der Waals surface area (Å²) in [7, 11) is -4.42. The van der Waals surface area contributed by atoms with Crippen molar-refractivity contribution in [3.63, 3.8) is 0 Å². The van der Waals surface area contributed by atoms with Crippen molar-refractivity contribution in [1.29, 1.82) is 0 Å². The maximum Gasteiger partial charge on any atom is 0.270 e. The molecule has 1 aliphatic carbocycles. The van der Waals surface area contributed by atoms with E-state index >= 15 is 0 Å². The highest BCUT2D eigenvalue weighted by atomic mass is 32.2. The molecule has 6 heterocycles. The number of aromatic hydroxyl groups is 1. The minimum Gasteiger partial charge on any atom is -0.506 e. The smallest absolute Gasteiger partial charge is 0.270 e. The van der Waals surface area contributed by atoms with Crippen LogP contribution in [-0.4, -0.2) is 97.4 Å². The number of ether oxygens (including phenoxy) is 3. The van der Waals surface area contributed by atoms with Crippen LogP contribution in [0.15, 0.2) is 84.0 Å². The SMILES string of the molecule is CC(C)c1ccccc1C1CCCN1C1CC2(CCN(c3ccc(C(=O)NS(=O)(=O)c4ccc(NCC5COCCO5)c(O)c4)c(Oc4cnc5[nH]ccc5c4)n3)CC2)C1. The van der Waals surface area contributed by atoms with Gasteiger partial charge in [0.05, 0.1) is 42.7 Å². The van der Waals surface area contributed by atoms with Crippen molar-refractivity contribution in [3.8, 4) is 17.4 Å². The summed E-state index contributed by atoms with van der Waals surface area (Å²) in [5.74, 6) is 0.231. The molecule has 4 fully saturated rings. The molecule has 2 unspecified atom stereocenters. The molecule has 0 bridgehead atoms. The number of carbonyl (C=O) groups excluding carboxylic acids is 1. The van der Waals surface area contributed by atoms with Gasteiger partial charge in [0.15, 0.2) is 0 Å². The highest BCUT2D eigenvalue weighted by Crippen LogP contribution is 2.54. The Bertz CT molecular complexity index is 2450. The summed E-state index contributed by atoms with van der Waals surface area (Å²) in [6, 6.07) is 20.9. The first-order valence-corrected chi connectivity index (χ1v) is 22.6.